The van der Waals surface area contributed by atoms with Gasteiger partial charge in [0.2, 0.25) is 5.91 Å². The quantitative estimate of drug-likeness (QED) is 0.524. The van der Waals surface area contributed by atoms with Crippen molar-refractivity contribution in [3.8, 4) is 22.8 Å². The molecule has 1 N–H and O–H groups in total. The number of aromatic nitrogens is 1. The second-order valence-corrected chi connectivity index (χ2v) is 7.37. The number of hydrogen-bond donors (Lipinski definition) is 1. The van der Waals surface area contributed by atoms with E-state index in [2.05, 4.69) is 10.5 Å². The zero-order valence-corrected chi connectivity index (χ0v) is 17.0. The Morgan fingerprint density at radius 3 is 2.41 bits per heavy atom. The summed E-state index contributed by atoms with van der Waals surface area (Å²) in [4.78, 5) is 12.9. The predicted octanol–water partition coefficient (Wildman–Crippen LogP) is 5.19. The Bertz CT molecular complexity index is 1170. The van der Waals surface area contributed by atoms with E-state index in [1.165, 1.54) is 14.2 Å². The lowest BCUT2D eigenvalue weighted by Gasteiger charge is -2.14. The number of halogens is 4. The van der Waals surface area contributed by atoms with Gasteiger partial charge in [-0.1, -0.05) is 5.16 Å². The maximum absolute atomic E-state index is 13.5. The number of nitrogens with zero attached hydrogens (tertiary/aromatic N) is 1. The lowest BCUT2D eigenvalue weighted by atomic mass is 10.00. The number of anilines is 1. The van der Waals surface area contributed by atoms with E-state index in [4.69, 9.17) is 14.0 Å². The second-order valence-electron chi connectivity index (χ2n) is 7.37. The zero-order valence-electron chi connectivity index (χ0n) is 17.0. The number of carbonyl (C=O) groups excluding carboxylic acids is 1. The van der Waals surface area contributed by atoms with Gasteiger partial charge in [-0.15, -0.1) is 0 Å². The monoisotopic (exact) mass is 450 g/mol. The van der Waals surface area contributed by atoms with E-state index >= 15 is 0 Å². The van der Waals surface area contributed by atoms with Crippen molar-refractivity contribution in [2.75, 3.05) is 19.5 Å². The largest absolute Gasteiger partial charge is 0.493 e. The Kier molecular flexibility index (Phi) is 5.31. The average Bonchev–Trinajstić information content (AvgIpc) is 3.43. The summed E-state index contributed by atoms with van der Waals surface area (Å²) < 4.78 is 68.2. The highest BCUT2D eigenvalue weighted by Gasteiger charge is 2.54. The smallest absolute Gasteiger partial charge is 0.419 e. The maximum atomic E-state index is 13.5. The molecule has 2 aromatic carbocycles. The molecule has 3 aromatic rings. The average molecular weight is 450 g/mol. The van der Waals surface area contributed by atoms with Crippen molar-refractivity contribution in [2.24, 2.45) is 0 Å². The van der Waals surface area contributed by atoms with Crippen LogP contribution >= 0.6 is 0 Å². The molecule has 0 atom stereocenters. The molecule has 168 valence electrons. The molecular weight excluding hydrogens is 432 g/mol. The highest BCUT2D eigenvalue weighted by atomic mass is 19.4. The molecule has 1 amide bonds. The molecule has 32 heavy (non-hydrogen) atoms. The van der Waals surface area contributed by atoms with Crippen LogP contribution in [0.25, 0.3) is 11.3 Å². The van der Waals surface area contributed by atoms with Crippen molar-refractivity contribution < 1.29 is 36.4 Å². The summed E-state index contributed by atoms with van der Waals surface area (Å²) >= 11 is 0. The van der Waals surface area contributed by atoms with Crippen molar-refractivity contribution in [1.29, 1.82) is 0 Å². The molecule has 1 fully saturated rings. The maximum Gasteiger partial charge on any atom is 0.419 e. The first kappa shape index (κ1) is 21.7. The number of rotatable bonds is 6. The fourth-order valence-electron chi connectivity index (χ4n) is 3.42. The number of carbonyl (C=O) groups is 1. The van der Waals surface area contributed by atoms with Gasteiger partial charge in [-0.3, -0.25) is 4.79 Å². The van der Waals surface area contributed by atoms with Gasteiger partial charge < -0.3 is 19.3 Å². The number of hydrogen-bond acceptors (Lipinski definition) is 5. The third kappa shape index (κ3) is 3.88. The van der Waals surface area contributed by atoms with Crippen LogP contribution in [-0.4, -0.2) is 25.3 Å². The molecule has 1 heterocycles. The molecule has 1 aliphatic carbocycles. The van der Waals surface area contributed by atoms with E-state index in [1.807, 2.05) is 0 Å². The van der Waals surface area contributed by atoms with Gasteiger partial charge in [-0.25, -0.2) is 4.39 Å². The van der Waals surface area contributed by atoms with Crippen LogP contribution in [0.1, 0.15) is 24.1 Å². The zero-order chi connectivity index (χ0) is 23.1. The molecule has 0 spiro atoms. The first-order chi connectivity index (χ1) is 15.2. The molecule has 1 aromatic heterocycles. The minimum absolute atomic E-state index is 0.154. The van der Waals surface area contributed by atoms with Gasteiger partial charge in [0.1, 0.15) is 5.82 Å². The summed E-state index contributed by atoms with van der Waals surface area (Å²) in [5, 5.41) is 6.45. The van der Waals surface area contributed by atoms with E-state index < -0.39 is 28.9 Å². The van der Waals surface area contributed by atoms with Crippen molar-refractivity contribution in [3.63, 3.8) is 0 Å². The van der Waals surface area contributed by atoms with Crippen LogP contribution in [-0.2, 0) is 16.4 Å². The van der Waals surface area contributed by atoms with Crippen LogP contribution in [0.2, 0.25) is 0 Å². The summed E-state index contributed by atoms with van der Waals surface area (Å²) in [6, 6.07) is 9.06. The van der Waals surface area contributed by atoms with E-state index in [-0.39, 0.29) is 5.69 Å². The first-order valence-electron chi connectivity index (χ1n) is 9.56. The molecule has 1 aliphatic rings. The minimum atomic E-state index is -4.87. The number of benzene rings is 2. The fourth-order valence-corrected chi connectivity index (χ4v) is 3.42. The normalized spacial score (nSPS) is 14.7. The molecule has 0 radical (unpaired) electrons. The summed E-state index contributed by atoms with van der Waals surface area (Å²) in [6.07, 6.45) is -3.98. The second kappa shape index (κ2) is 7.85. The number of amides is 1. The number of methoxy groups -OCH3 is 2. The summed E-state index contributed by atoms with van der Waals surface area (Å²) in [6.45, 7) is 0. The van der Waals surface area contributed by atoms with Crippen LogP contribution in [0, 0.1) is 5.82 Å². The number of ether oxygens (including phenoxy) is 2. The Balaban J connectivity index is 1.57. The molecule has 10 heteroatoms. The van der Waals surface area contributed by atoms with E-state index in [9.17, 15) is 22.4 Å². The Morgan fingerprint density at radius 1 is 1.06 bits per heavy atom. The Hall–Kier alpha value is -3.56. The van der Waals surface area contributed by atoms with Crippen LogP contribution < -0.4 is 14.8 Å². The fraction of sp³-hybridized carbons (Fsp3) is 0.273. The molecule has 6 nitrogen and oxygen atoms in total. The Morgan fingerprint density at radius 2 is 1.78 bits per heavy atom. The Labute approximate surface area is 180 Å². The molecule has 0 bridgehead atoms. The van der Waals surface area contributed by atoms with Crippen LogP contribution in [0.15, 0.2) is 47.0 Å². The van der Waals surface area contributed by atoms with Gasteiger partial charge in [-0.05, 0) is 49.2 Å². The summed E-state index contributed by atoms with van der Waals surface area (Å²) in [7, 11) is 3.01. The van der Waals surface area contributed by atoms with E-state index in [0.29, 0.717) is 53.5 Å². The molecule has 0 saturated heterocycles. The molecule has 4 rings (SSSR count). The third-order valence-electron chi connectivity index (χ3n) is 5.38. The van der Waals surface area contributed by atoms with Gasteiger partial charge in [0.05, 0.1) is 30.9 Å². The van der Waals surface area contributed by atoms with E-state index in [1.54, 1.807) is 24.3 Å². The topological polar surface area (TPSA) is 73.6 Å². The van der Waals surface area contributed by atoms with Crippen molar-refractivity contribution in [1.82, 2.24) is 5.16 Å². The van der Waals surface area contributed by atoms with E-state index in [0.717, 1.165) is 6.07 Å². The van der Waals surface area contributed by atoms with Crippen LogP contribution in [0.5, 0.6) is 11.5 Å². The number of alkyl halides is 3. The van der Waals surface area contributed by atoms with Crippen LogP contribution in [0.4, 0.5) is 23.2 Å². The molecule has 0 unspecified atom stereocenters. The SMILES string of the molecule is COc1ccc(-c2cc(C3(C(=O)Nc4ccc(F)c(C(F)(F)F)c4)CC3)no2)cc1OC. The van der Waals surface area contributed by atoms with Gasteiger partial charge in [-0.2, -0.15) is 13.2 Å². The van der Waals surface area contributed by atoms with Gasteiger partial charge in [0, 0.05) is 17.3 Å². The van der Waals surface area contributed by atoms with Gasteiger partial charge in [0.25, 0.3) is 0 Å². The van der Waals surface area contributed by atoms with Crippen LogP contribution in [0.3, 0.4) is 0 Å². The van der Waals surface area contributed by atoms with Crippen molar-refractivity contribution in [3.05, 3.63) is 59.5 Å². The lowest BCUT2D eigenvalue weighted by molar-refractivity contribution is -0.140. The van der Waals surface area contributed by atoms with Gasteiger partial charge >= 0.3 is 6.18 Å². The van der Waals surface area contributed by atoms with Gasteiger partial charge in [0.15, 0.2) is 17.3 Å². The van der Waals surface area contributed by atoms with Crippen molar-refractivity contribution >= 4 is 11.6 Å². The predicted molar refractivity (Wildman–Crippen MR) is 106 cm³/mol. The highest BCUT2D eigenvalue weighted by molar-refractivity contribution is 6.01. The first-order valence-corrected chi connectivity index (χ1v) is 9.56. The number of nitrogens with one attached hydrogen (secondary N) is 1. The van der Waals surface area contributed by atoms with Crippen molar-refractivity contribution in [2.45, 2.75) is 24.4 Å². The highest BCUT2D eigenvalue weighted by Crippen LogP contribution is 2.49. The third-order valence-corrected chi connectivity index (χ3v) is 5.38. The standard InChI is InChI=1S/C22H18F4N2O4/c1-30-16-6-3-12(9-18(16)31-2)17-11-19(28-32-17)21(7-8-21)20(29)27-13-4-5-15(23)14(10-13)22(24,25)26/h3-6,9-11H,7-8H2,1-2H3,(H,27,29). The minimum Gasteiger partial charge on any atom is -0.493 e. The molecule has 0 aliphatic heterocycles. The summed E-state index contributed by atoms with van der Waals surface area (Å²) in [5.41, 5.74) is -1.62. The molecule has 1 saturated carbocycles. The lowest BCUT2D eigenvalue weighted by Crippen LogP contribution is -2.28. The molecular formula is C22H18F4N2O4. The summed E-state index contributed by atoms with van der Waals surface area (Å²) in [5.74, 6) is -0.539.